The predicted octanol–water partition coefficient (Wildman–Crippen LogP) is 4.12. The van der Waals surface area contributed by atoms with Gasteiger partial charge in [0.2, 0.25) is 9.84 Å². The number of ether oxygens (including phenoxy) is 2. The van der Waals surface area contributed by atoms with Crippen LogP contribution >= 0.6 is 15.9 Å². The molecule has 2 aromatic carbocycles. The molecule has 0 saturated carbocycles. The lowest BCUT2D eigenvalue weighted by Gasteiger charge is -2.09. The summed E-state index contributed by atoms with van der Waals surface area (Å²) in [5.74, 6) is 1.18. The smallest absolute Gasteiger partial charge is 0.216 e. The first-order valence-electron chi connectivity index (χ1n) is 7.85. The van der Waals surface area contributed by atoms with Crippen molar-refractivity contribution in [3.8, 4) is 17.6 Å². The van der Waals surface area contributed by atoms with E-state index in [4.69, 9.17) is 9.47 Å². The number of rotatable bonds is 4. The molecular weight excluding hydrogens is 418 g/mol. The molecule has 3 rings (SSSR count). The van der Waals surface area contributed by atoms with Gasteiger partial charge < -0.3 is 9.47 Å². The van der Waals surface area contributed by atoms with E-state index in [0.717, 1.165) is 16.5 Å². The minimum absolute atomic E-state index is 0.0517. The van der Waals surface area contributed by atoms with Crippen molar-refractivity contribution in [2.45, 2.75) is 24.3 Å². The van der Waals surface area contributed by atoms with Gasteiger partial charge in [-0.15, -0.1) is 0 Å². The Balaban J connectivity index is 2.09. The Kier molecular flexibility index (Phi) is 5.08. The summed E-state index contributed by atoms with van der Waals surface area (Å²) >= 11 is 3.27. The van der Waals surface area contributed by atoms with E-state index in [1.54, 1.807) is 24.3 Å². The standard InChI is InChI=1S/C19H16BrNO4S/c1-12-7-13-9-18(24-2)14(10-19(13)25-12)8-17(11-21)26(22,23)16-5-3-15(20)4-6-16/h3-6,8-10,12H,7H2,1-2H3/b17-8+. The number of methoxy groups -OCH3 is 1. The van der Waals surface area contributed by atoms with Crippen LogP contribution < -0.4 is 9.47 Å². The average molecular weight is 434 g/mol. The molecule has 7 heteroatoms. The van der Waals surface area contributed by atoms with Crippen molar-refractivity contribution in [1.29, 1.82) is 5.26 Å². The molecule has 0 fully saturated rings. The van der Waals surface area contributed by atoms with E-state index >= 15 is 0 Å². The fraction of sp³-hybridized carbons (Fsp3) is 0.211. The predicted molar refractivity (Wildman–Crippen MR) is 102 cm³/mol. The molecule has 5 nitrogen and oxygen atoms in total. The number of hydrogen-bond donors (Lipinski definition) is 0. The van der Waals surface area contributed by atoms with Crippen LogP contribution in [0.5, 0.6) is 11.5 Å². The number of fused-ring (bicyclic) bond motifs is 1. The van der Waals surface area contributed by atoms with E-state index in [0.29, 0.717) is 17.1 Å². The van der Waals surface area contributed by atoms with Gasteiger partial charge in [0.25, 0.3) is 0 Å². The minimum Gasteiger partial charge on any atom is -0.496 e. The highest BCUT2D eigenvalue weighted by molar-refractivity contribution is 9.10. The van der Waals surface area contributed by atoms with E-state index in [9.17, 15) is 13.7 Å². The maximum Gasteiger partial charge on any atom is 0.216 e. The third kappa shape index (κ3) is 3.48. The molecule has 2 aromatic rings. The molecule has 0 radical (unpaired) electrons. The van der Waals surface area contributed by atoms with Crippen LogP contribution in [-0.4, -0.2) is 21.6 Å². The molecule has 0 N–H and O–H groups in total. The van der Waals surface area contributed by atoms with Gasteiger partial charge in [-0.3, -0.25) is 0 Å². The second-order valence-electron chi connectivity index (χ2n) is 5.91. The summed E-state index contributed by atoms with van der Waals surface area (Å²) < 4.78 is 37.4. The Morgan fingerprint density at radius 1 is 1.35 bits per heavy atom. The van der Waals surface area contributed by atoms with Gasteiger partial charge in [-0.1, -0.05) is 15.9 Å². The fourth-order valence-electron chi connectivity index (χ4n) is 2.80. The zero-order valence-electron chi connectivity index (χ0n) is 14.2. The summed E-state index contributed by atoms with van der Waals surface area (Å²) in [4.78, 5) is -0.303. The third-order valence-corrected chi connectivity index (χ3v) is 6.27. The molecule has 0 aliphatic carbocycles. The van der Waals surface area contributed by atoms with E-state index in [-0.39, 0.29) is 15.9 Å². The van der Waals surface area contributed by atoms with Gasteiger partial charge in [-0.25, -0.2) is 8.42 Å². The molecule has 0 amide bonds. The molecule has 0 bridgehead atoms. The molecule has 0 spiro atoms. The monoisotopic (exact) mass is 433 g/mol. The molecular formula is C19H16BrNO4S. The van der Waals surface area contributed by atoms with Gasteiger partial charge in [0, 0.05) is 22.0 Å². The molecule has 134 valence electrons. The van der Waals surface area contributed by atoms with Crippen LogP contribution in [0.1, 0.15) is 18.1 Å². The highest BCUT2D eigenvalue weighted by Crippen LogP contribution is 2.36. The largest absolute Gasteiger partial charge is 0.496 e. The Labute approximate surface area is 160 Å². The van der Waals surface area contributed by atoms with E-state index in [2.05, 4.69) is 15.9 Å². The molecule has 1 heterocycles. The highest BCUT2D eigenvalue weighted by atomic mass is 79.9. The van der Waals surface area contributed by atoms with Crippen molar-refractivity contribution in [2.75, 3.05) is 7.11 Å². The Morgan fingerprint density at radius 3 is 2.65 bits per heavy atom. The van der Waals surface area contributed by atoms with Crippen molar-refractivity contribution in [3.63, 3.8) is 0 Å². The van der Waals surface area contributed by atoms with Crippen molar-refractivity contribution < 1.29 is 17.9 Å². The number of benzene rings is 2. The summed E-state index contributed by atoms with van der Waals surface area (Å²) in [5, 5.41) is 9.46. The Bertz CT molecular complexity index is 1020. The van der Waals surface area contributed by atoms with Crippen LogP contribution in [0.3, 0.4) is 0 Å². The fourth-order valence-corrected chi connectivity index (χ4v) is 4.21. The van der Waals surface area contributed by atoms with Gasteiger partial charge in [0.1, 0.15) is 28.6 Å². The van der Waals surface area contributed by atoms with Crippen molar-refractivity contribution in [2.24, 2.45) is 0 Å². The zero-order chi connectivity index (χ0) is 18.9. The molecule has 1 atom stereocenters. The summed E-state index contributed by atoms with van der Waals surface area (Å²) in [6.45, 7) is 1.96. The van der Waals surface area contributed by atoms with Crippen LogP contribution in [0.15, 0.2) is 50.7 Å². The number of nitrogens with zero attached hydrogens (tertiary/aromatic N) is 1. The Hall–Kier alpha value is -2.30. The SMILES string of the molecule is COc1cc2c(cc1/C=C(\C#N)S(=O)(=O)c1ccc(Br)cc1)OC(C)C2. The first-order chi connectivity index (χ1) is 12.3. The quantitative estimate of drug-likeness (QED) is 0.677. The van der Waals surface area contributed by atoms with Crippen LogP contribution in [0.2, 0.25) is 0 Å². The Morgan fingerprint density at radius 2 is 2.04 bits per heavy atom. The number of hydrogen-bond acceptors (Lipinski definition) is 5. The molecule has 0 saturated heterocycles. The van der Waals surface area contributed by atoms with Gasteiger partial charge in [0.05, 0.1) is 12.0 Å². The van der Waals surface area contributed by atoms with Gasteiger partial charge in [-0.05, 0) is 49.4 Å². The summed E-state index contributed by atoms with van der Waals surface area (Å²) in [5.41, 5.74) is 1.48. The van der Waals surface area contributed by atoms with Crippen LogP contribution in [-0.2, 0) is 16.3 Å². The molecule has 1 aliphatic heterocycles. The van der Waals surface area contributed by atoms with Gasteiger partial charge >= 0.3 is 0 Å². The number of halogens is 1. The second kappa shape index (κ2) is 7.14. The zero-order valence-corrected chi connectivity index (χ0v) is 16.6. The van der Waals surface area contributed by atoms with Crippen molar-refractivity contribution in [3.05, 3.63) is 56.9 Å². The second-order valence-corrected chi connectivity index (χ2v) is 8.75. The van der Waals surface area contributed by atoms with Crippen LogP contribution in [0.25, 0.3) is 6.08 Å². The lowest BCUT2D eigenvalue weighted by atomic mass is 10.1. The lowest BCUT2D eigenvalue weighted by molar-refractivity contribution is 0.254. The first-order valence-corrected chi connectivity index (χ1v) is 10.1. The van der Waals surface area contributed by atoms with Gasteiger partial charge in [0.15, 0.2) is 0 Å². The average Bonchev–Trinajstić information content (AvgIpc) is 2.97. The maximum atomic E-state index is 12.8. The molecule has 1 aliphatic rings. The highest BCUT2D eigenvalue weighted by Gasteiger charge is 2.24. The number of allylic oxidation sites excluding steroid dienone is 1. The molecule has 1 unspecified atom stereocenters. The van der Waals surface area contributed by atoms with Crippen LogP contribution in [0.4, 0.5) is 0 Å². The van der Waals surface area contributed by atoms with Crippen molar-refractivity contribution >= 4 is 31.8 Å². The summed E-state index contributed by atoms with van der Waals surface area (Å²) in [6, 6.07) is 11.5. The third-order valence-electron chi connectivity index (χ3n) is 4.06. The summed E-state index contributed by atoms with van der Waals surface area (Å²) in [7, 11) is -2.43. The summed E-state index contributed by atoms with van der Waals surface area (Å²) in [6.07, 6.45) is 2.14. The first kappa shape index (κ1) is 18.5. The maximum absolute atomic E-state index is 12.8. The topological polar surface area (TPSA) is 76.4 Å². The normalized spacial score (nSPS) is 16.5. The van der Waals surface area contributed by atoms with Gasteiger partial charge in [-0.2, -0.15) is 5.26 Å². The minimum atomic E-state index is -3.93. The van der Waals surface area contributed by atoms with E-state index < -0.39 is 9.84 Å². The molecule has 0 aromatic heterocycles. The van der Waals surface area contributed by atoms with Crippen LogP contribution in [0, 0.1) is 11.3 Å². The van der Waals surface area contributed by atoms with E-state index in [1.807, 2.05) is 13.0 Å². The van der Waals surface area contributed by atoms with Crippen molar-refractivity contribution in [1.82, 2.24) is 0 Å². The van der Waals surface area contributed by atoms with E-state index in [1.165, 1.54) is 25.3 Å². The lowest BCUT2D eigenvalue weighted by Crippen LogP contribution is -2.05. The number of nitriles is 1. The molecule has 26 heavy (non-hydrogen) atoms. The number of sulfone groups is 1.